The number of nitrogens with one attached hydrogen (secondary N) is 1. The maximum absolute atomic E-state index is 9.58. The summed E-state index contributed by atoms with van der Waals surface area (Å²) in [6.45, 7) is 2.15. The van der Waals surface area contributed by atoms with Crippen LogP contribution in [-0.4, -0.2) is 40.4 Å². The zero-order chi connectivity index (χ0) is 23.7. The Labute approximate surface area is 197 Å². The molecule has 0 amide bonds. The highest BCUT2D eigenvalue weighted by Crippen LogP contribution is 2.38. The Balaban J connectivity index is 1.56. The van der Waals surface area contributed by atoms with Gasteiger partial charge in [-0.05, 0) is 55.5 Å². The van der Waals surface area contributed by atoms with Gasteiger partial charge in [0.15, 0.2) is 5.69 Å². The first kappa shape index (κ1) is 21.6. The number of hydrogen-bond donors (Lipinski definition) is 1. The van der Waals surface area contributed by atoms with Crippen LogP contribution >= 0.6 is 0 Å². The molecule has 5 rings (SSSR count). The van der Waals surface area contributed by atoms with Gasteiger partial charge in [-0.1, -0.05) is 12.1 Å². The van der Waals surface area contributed by atoms with Crippen molar-refractivity contribution in [1.29, 1.82) is 5.26 Å². The third kappa shape index (κ3) is 3.97. The Bertz CT molecular complexity index is 1410. The van der Waals surface area contributed by atoms with Crippen LogP contribution in [0.1, 0.15) is 25.5 Å². The normalized spacial score (nSPS) is 13.8. The smallest absolute Gasteiger partial charge is 0.240 e. The van der Waals surface area contributed by atoms with E-state index < -0.39 is 0 Å². The molecule has 2 aromatic carbocycles. The van der Waals surface area contributed by atoms with Gasteiger partial charge in [0.2, 0.25) is 5.88 Å². The van der Waals surface area contributed by atoms with Crippen molar-refractivity contribution in [3.05, 3.63) is 54.5 Å². The zero-order valence-electron chi connectivity index (χ0n) is 19.2. The van der Waals surface area contributed by atoms with E-state index in [2.05, 4.69) is 38.5 Å². The van der Waals surface area contributed by atoms with Crippen LogP contribution in [-0.2, 0) is 0 Å². The lowest BCUT2D eigenvalue weighted by molar-refractivity contribution is 0.397. The number of anilines is 1. The maximum Gasteiger partial charge on any atom is 0.240 e. The van der Waals surface area contributed by atoms with Crippen molar-refractivity contribution in [2.45, 2.75) is 25.8 Å². The van der Waals surface area contributed by atoms with Gasteiger partial charge in [0.05, 0.1) is 25.4 Å². The van der Waals surface area contributed by atoms with E-state index in [1.165, 1.54) is 12.8 Å². The van der Waals surface area contributed by atoms with Crippen LogP contribution in [0.5, 0.6) is 11.6 Å². The van der Waals surface area contributed by atoms with Crippen molar-refractivity contribution in [2.24, 2.45) is 5.92 Å². The van der Waals surface area contributed by atoms with Crippen molar-refractivity contribution in [3.63, 3.8) is 0 Å². The highest BCUT2D eigenvalue weighted by Gasteiger charge is 2.29. The molecule has 1 aliphatic rings. The van der Waals surface area contributed by atoms with Crippen LogP contribution in [0.25, 0.3) is 33.3 Å². The minimum atomic E-state index is 0.282. The van der Waals surface area contributed by atoms with E-state index in [1.54, 1.807) is 26.6 Å². The molecule has 0 spiro atoms. The first-order valence-electron chi connectivity index (χ1n) is 11.1. The molecule has 0 bridgehead atoms. The van der Waals surface area contributed by atoms with Gasteiger partial charge in [-0.25, -0.2) is 9.97 Å². The average Bonchev–Trinajstić information content (AvgIpc) is 3.74. The average molecular weight is 453 g/mol. The van der Waals surface area contributed by atoms with Crippen molar-refractivity contribution < 1.29 is 9.47 Å². The van der Waals surface area contributed by atoms with Crippen molar-refractivity contribution in [3.8, 4) is 40.1 Å². The van der Waals surface area contributed by atoms with E-state index in [0.29, 0.717) is 34.5 Å². The zero-order valence-corrected chi connectivity index (χ0v) is 19.2. The second kappa shape index (κ2) is 8.94. The summed E-state index contributed by atoms with van der Waals surface area (Å²) >= 11 is 0. The van der Waals surface area contributed by atoms with Gasteiger partial charge in [-0.3, -0.25) is 0 Å². The van der Waals surface area contributed by atoms with E-state index >= 15 is 0 Å². The predicted octanol–water partition coefficient (Wildman–Crippen LogP) is 4.85. The van der Waals surface area contributed by atoms with Gasteiger partial charge in [-0.15, -0.1) is 10.2 Å². The number of ether oxygens (including phenoxy) is 2. The maximum atomic E-state index is 9.58. The monoisotopic (exact) mass is 452 g/mol. The molecule has 170 valence electrons. The van der Waals surface area contributed by atoms with Gasteiger partial charge >= 0.3 is 0 Å². The highest BCUT2D eigenvalue weighted by molar-refractivity contribution is 5.96. The quantitative estimate of drug-likeness (QED) is 0.424. The number of fused-ring (bicyclic) bond motifs is 1. The van der Waals surface area contributed by atoms with Crippen molar-refractivity contribution in [2.75, 3.05) is 19.5 Å². The summed E-state index contributed by atoms with van der Waals surface area (Å²) in [6.07, 6.45) is 5.65. The molecule has 1 N–H and O–H groups in total. The third-order valence-corrected chi connectivity index (χ3v) is 6.21. The van der Waals surface area contributed by atoms with Gasteiger partial charge in [0.25, 0.3) is 0 Å². The van der Waals surface area contributed by atoms with Crippen LogP contribution in [0.15, 0.2) is 48.8 Å². The number of benzene rings is 2. The van der Waals surface area contributed by atoms with Crippen LogP contribution < -0.4 is 14.8 Å². The summed E-state index contributed by atoms with van der Waals surface area (Å²) in [5.74, 6) is 1.78. The molecular formula is C26H24N6O2. The molecule has 2 aromatic heterocycles. The lowest BCUT2D eigenvalue weighted by Crippen LogP contribution is -2.19. The Morgan fingerprint density at radius 2 is 1.79 bits per heavy atom. The molecule has 1 aliphatic carbocycles. The second-order valence-corrected chi connectivity index (χ2v) is 8.37. The fraction of sp³-hybridized carbons (Fsp3) is 0.269. The van der Waals surface area contributed by atoms with E-state index in [1.807, 2.05) is 36.4 Å². The van der Waals surface area contributed by atoms with Crippen LogP contribution in [0, 0.1) is 17.2 Å². The number of nitrogens with zero attached hydrogens (tertiary/aromatic N) is 5. The third-order valence-electron chi connectivity index (χ3n) is 6.21. The molecule has 1 unspecified atom stereocenters. The fourth-order valence-electron chi connectivity index (χ4n) is 4.19. The highest BCUT2D eigenvalue weighted by atomic mass is 16.5. The molecule has 0 radical (unpaired) electrons. The minimum Gasteiger partial charge on any atom is -0.496 e. The summed E-state index contributed by atoms with van der Waals surface area (Å²) in [7, 11) is 3.21. The van der Waals surface area contributed by atoms with Gasteiger partial charge in [0.1, 0.15) is 17.5 Å². The molecule has 0 aliphatic heterocycles. The summed E-state index contributed by atoms with van der Waals surface area (Å²) < 4.78 is 11.1. The Morgan fingerprint density at radius 3 is 2.53 bits per heavy atom. The van der Waals surface area contributed by atoms with Crippen LogP contribution in [0.2, 0.25) is 0 Å². The minimum absolute atomic E-state index is 0.282. The summed E-state index contributed by atoms with van der Waals surface area (Å²) in [6, 6.07) is 14.3. The predicted molar refractivity (Wildman–Crippen MR) is 130 cm³/mol. The topological polar surface area (TPSA) is 106 Å². The molecule has 1 saturated carbocycles. The van der Waals surface area contributed by atoms with E-state index in [4.69, 9.17) is 9.47 Å². The number of methoxy groups -OCH3 is 2. The Kier molecular flexibility index (Phi) is 5.68. The molecule has 1 fully saturated rings. The molecular weight excluding hydrogens is 428 g/mol. The van der Waals surface area contributed by atoms with E-state index in [9.17, 15) is 5.26 Å². The van der Waals surface area contributed by atoms with Gasteiger partial charge in [-0.2, -0.15) is 5.26 Å². The molecule has 34 heavy (non-hydrogen) atoms. The lowest BCUT2D eigenvalue weighted by atomic mass is 9.99. The lowest BCUT2D eigenvalue weighted by Gasteiger charge is -2.17. The van der Waals surface area contributed by atoms with Gasteiger partial charge in [0, 0.05) is 34.9 Å². The molecule has 0 saturated heterocycles. The van der Waals surface area contributed by atoms with E-state index in [0.717, 1.165) is 27.8 Å². The van der Waals surface area contributed by atoms with E-state index in [-0.39, 0.29) is 6.04 Å². The van der Waals surface area contributed by atoms with Gasteiger partial charge < -0.3 is 14.8 Å². The Hall–Kier alpha value is -4.25. The van der Waals surface area contributed by atoms with Crippen LogP contribution in [0.4, 0.5) is 5.69 Å². The SMILES string of the molecule is COc1cc(-c2nccnc2OC)ccc1-c1ccc2c(NC(C)C3CC3)c(C#N)nnc2c1. The molecule has 4 aromatic rings. The number of aromatic nitrogens is 4. The summed E-state index contributed by atoms with van der Waals surface area (Å²) in [4.78, 5) is 8.64. The van der Waals surface area contributed by atoms with Crippen LogP contribution in [0.3, 0.4) is 0 Å². The number of hydrogen-bond acceptors (Lipinski definition) is 8. The largest absolute Gasteiger partial charge is 0.496 e. The van der Waals surface area contributed by atoms with Crippen molar-refractivity contribution >= 4 is 16.6 Å². The molecule has 8 nitrogen and oxygen atoms in total. The van der Waals surface area contributed by atoms with Crippen molar-refractivity contribution in [1.82, 2.24) is 20.2 Å². The second-order valence-electron chi connectivity index (χ2n) is 8.37. The first-order chi connectivity index (χ1) is 16.6. The molecule has 2 heterocycles. The number of nitriles is 1. The molecule has 8 heteroatoms. The first-order valence-corrected chi connectivity index (χ1v) is 11.1. The summed E-state index contributed by atoms with van der Waals surface area (Å²) in [5, 5.41) is 22.5. The Morgan fingerprint density at radius 1 is 1.00 bits per heavy atom. The summed E-state index contributed by atoms with van der Waals surface area (Å²) in [5.41, 5.74) is 5.09. The molecule has 1 atom stereocenters. The standard InChI is InChI=1S/C26H24N6O2/c1-15(16-4-5-16)30-25-20-9-6-17(12-21(20)31-32-22(25)14-27)19-8-7-18(13-23(19)33-2)24-26(34-3)29-11-10-28-24/h6-13,15-16H,4-5H2,1-3H3,(H,30,31). The number of rotatable bonds is 7. The fourth-order valence-corrected chi connectivity index (χ4v) is 4.19.